The number of ether oxygens (including phenoxy) is 1. The van der Waals surface area contributed by atoms with Gasteiger partial charge in [0.15, 0.2) is 0 Å². The van der Waals surface area contributed by atoms with Gasteiger partial charge >= 0.3 is 5.97 Å². The Labute approximate surface area is 562 Å². The molecule has 0 aliphatic heterocycles. The highest BCUT2D eigenvalue weighted by Crippen LogP contribution is 2.38. The number of amides is 1. The quantitative estimate of drug-likeness (QED) is 0.0212. The first kappa shape index (κ1) is 88.8. The van der Waals surface area contributed by atoms with Gasteiger partial charge in [-0.2, -0.15) is 0 Å². The first-order valence-electron chi connectivity index (χ1n) is 40.5. The van der Waals surface area contributed by atoms with Gasteiger partial charge in [-0.25, -0.2) is 0 Å². The number of unbranched alkanes of at least 4 members (excludes halogenated alkanes) is 60. The predicted molar refractivity (Wildman–Crippen MR) is 390 cm³/mol. The van der Waals surface area contributed by atoms with E-state index in [0.717, 1.165) is 57.8 Å². The van der Waals surface area contributed by atoms with Crippen molar-refractivity contribution in [3.05, 3.63) is 12.2 Å². The van der Waals surface area contributed by atoms with Gasteiger partial charge in [-0.1, -0.05) is 406 Å². The van der Waals surface area contributed by atoms with Crippen LogP contribution in [-0.2, 0) is 27.9 Å². The lowest BCUT2D eigenvalue weighted by Crippen LogP contribution is -2.47. The Bertz CT molecular complexity index is 1540. The number of likely N-dealkylation sites (N-methyl/N-ethyl adjacent to an activating group) is 1. The summed E-state index contributed by atoms with van der Waals surface area (Å²) in [5.74, 6) is -0.508. The molecular formula is C80H159N2O7P. The third kappa shape index (κ3) is 71.1. The summed E-state index contributed by atoms with van der Waals surface area (Å²) in [5.41, 5.74) is 0. The highest BCUT2D eigenvalue weighted by Gasteiger charge is 2.27. The van der Waals surface area contributed by atoms with Crippen LogP contribution in [0, 0.1) is 0 Å². The van der Waals surface area contributed by atoms with Gasteiger partial charge < -0.3 is 28.5 Å². The van der Waals surface area contributed by atoms with E-state index < -0.39 is 20.0 Å². The minimum atomic E-state index is -4.70. The topological polar surface area (TPSA) is 114 Å². The van der Waals surface area contributed by atoms with Gasteiger partial charge in [0.2, 0.25) is 5.91 Å². The van der Waals surface area contributed by atoms with Gasteiger partial charge in [0.25, 0.3) is 7.82 Å². The summed E-state index contributed by atoms with van der Waals surface area (Å²) in [6.45, 7) is 6.94. The van der Waals surface area contributed by atoms with Crippen molar-refractivity contribution in [3.8, 4) is 0 Å². The predicted octanol–water partition coefficient (Wildman–Crippen LogP) is 25.6. The summed E-state index contributed by atoms with van der Waals surface area (Å²) < 4.78 is 30.6. The summed E-state index contributed by atoms with van der Waals surface area (Å²) in [7, 11) is 1.22. The second kappa shape index (κ2) is 70.5. The van der Waals surface area contributed by atoms with Gasteiger partial charge in [-0.05, 0) is 31.8 Å². The van der Waals surface area contributed by atoms with Gasteiger partial charge in [0.05, 0.1) is 33.8 Å². The van der Waals surface area contributed by atoms with Crippen LogP contribution in [0.15, 0.2) is 12.2 Å². The molecule has 0 rings (SSSR count). The monoisotopic (exact) mass is 1290 g/mol. The summed E-state index contributed by atoms with van der Waals surface area (Å²) in [4.78, 5) is 40.3. The molecule has 0 bridgehead atoms. The third-order valence-electron chi connectivity index (χ3n) is 19.0. The molecule has 0 aliphatic rings. The van der Waals surface area contributed by atoms with Crippen molar-refractivity contribution in [2.24, 2.45) is 0 Å². The van der Waals surface area contributed by atoms with E-state index in [9.17, 15) is 19.0 Å². The zero-order valence-corrected chi connectivity index (χ0v) is 62.5. The van der Waals surface area contributed by atoms with Crippen molar-refractivity contribution in [2.45, 2.75) is 450 Å². The summed E-state index contributed by atoms with van der Waals surface area (Å²) in [6.07, 6.45) is 86.6. The molecule has 0 aromatic carbocycles. The normalized spacial score (nSPS) is 13.4. The maximum absolute atomic E-state index is 13.7. The largest absolute Gasteiger partial charge is 0.756 e. The standard InChI is InChI=1S/C80H159N2O7P/c1-7-10-13-16-19-22-25-28-30-32-34-36-38-40-41-43-44-46-48-50-52-54-57-60-63-66-69-72-79(83)81-77(76-88-90(85,86)87-75-74-82(4,5)6)78(71-68-65-62-59-56-27-24-21-18-15-12-9-3)89-80(84)73-70-67-64-61-58-55-53-51-49-47-45-42-39-37-35-33-31-29-26-23-20-17-14-11-8-2/h68,71,77-78H,7-67,69-70,72-76H2,1-6H3,(H-,81,83,85,86)/b71-68+. The molecule has 0 aromatic rings. The van der Waals surface area contributed by atoms with Crippen LogP contribution >= 0.6 is 7.82 Å². The fourth-order valence-corrected chi connectivity index (χ4v) is 13.5. The minimum Gasteiger partial charge on any atom is -0.756 e. The van der Waals surface area contributed by atoms with Crippen molar-refractivity contribution in [1.29, 1.82) is 0 Å². The highest BCUT2D eigenvalue weighted by atomic mass is 31.2. The molecule has 0 radical (unpaired) electrons. The Balaban J connectivity index is 4.85. The fraction of sp³-hybridized carbons (Fsp3) is 0.950. The van der Waals surface area contributed by atoms with E-state index in [1.165, 1.54) is 347 Å². The molecular weight excluding hydrogens is 1130 g/mol. The van der Waals surface area contributed by atoms with E-state index in [4.69, 9.17) is 13.8 Å². The number of phosphoric ester groups is 1. The number of hydrogen-bond donors (Lipinski definition) is 1. The lowest BCUT2D eigenvalue weighted by molar-refractivity contribution is -0.870. The molecule has 0 aliphatic carbocycles. The molecule has 0 heterocycles. The highest BCUT2D eigenvalue weighted by molar-refractivity contribution is 7.45. The Morgan fingerprint density at radius 3 is 0.911 bits per heavy atom. The Morgan fingerprint density at radius 1 is 0.378 bits per heavy atom. The average Bonchev–Trinajstić information content (AvgIpc) is 3.57. The van der Waals surface area contributed by atoms with Crippen LogP contribution < -0.4 is 10.2 Å². The number of phosphoric acid groups is 1. The number of nitrogens with one attached hydrogen (secondary N) is 1. The molecule has 9 nitrogen and oxygen atoms in total. The van der Waals surface area contributed by atoms with E-state index in [-0.39, 0.29) is 31.5 Å². The van der Waals surface area contributed by atoms with Crippen molar-refractivity contribution >= 4 is 19.7 Å². The molecule has 0 spiro atoms. The SMILES string of the molecule is CCCCCCCCCCCC/C=C/C(OC(=O)CCCCCCCCCCCCCCCCCCCCCCCCCCC)C(COP(=O)([O-])OCC[N+](C)(C)C)NC(=O)CCCCCCCCCCCCCCCCCCCCCCCCCCCCC. The number of allylic oxidation sites excluding steroid dienone is 1. The van der Waals surface area contributed by atoms with Crippen LogP contribution in [0.1, 0.15) is 438 Å². The molecule has 0 saturated heterocycles. The number of quaternary nitrogens is 1. The number of hydrogen-bond acceptors (Lipinski definition) is 7. The van der Waals surface area contributed by atoms with Gasteiger partial charge in [0, 0.05) is 12.8 Å². The van der Waals surface area contributed by atoms with Crippen molar-refractivity contribution in [1.82, 2.24) is 5.32 Å². The molecule has 3 unspecified atom stereocenters. The maximum Gasteiger partial charge on any atom is 0.306 e. The first-order chi connectivity index (χ1) is 43.9. The number of carbonyl (C=O) groups is 2. The second-order valence-corrected chi connectivity index (χ2v) is 30.7. The van der Waals surface area contributed by atoms with Crippen LogP contribution in [0.2, 0.25) is 0 Å². The lowest BCUT2D eigenvalue weighted by Gasteiger charge is -2.30. The number of carbonyl (C=O) groups excluding carboxylic acids is 2. The fourth-order valence-electron chi connectivity index (χ4n) is 12.8. The van der Waals surface area contributed by atoms with E-state index in [1.807, 2.05) is 33.3 Å². The zero-order valence-electron chi connectivity index (χ0n) is 61.6. The van der Waals surface area contributed by atoms with Crippen LogP contribution in [0.3, 0.4) is 0 Å². The van der Waals surface area contributed by atoms with E-state index >= 15 is 0 Å². The molecule has 0 fully saturated rings. The average molecular weight is 1290 g/mol. The van der Waals surface area contributed by atoms with Crippen molar-refractivity contribution in [3.63, 3.8) is 0 Å². The molecule has 1 N–H and O–H groups in total. The van der Waals surface area contributed by atoms with Gasteiger partial charge in [0.1, 0.15) is 19.3 Å². The molecule has 0 saturated carbocycles. The molecule has 1 amide bonds. The van der Waals surface area contributed by atoms with Crippen LogP contribution in [0.4, 0.5) is 0 Å². The molecule has 10 heteroatoms. The third-order valence-corrected chi connectivity index (χ3v) is 19.9. The molecule has 0 aromatic heterocycles. The van der Waals surface area contributed by atoms with Crippen LogP contribution in [0.5, 0.6) is 0 Å². The zero-order chi connectivity index (χ0) is 65.6. The summed E-state index contributed by atoms with van der Waals surface area (Å²) in [6, 6.07) is -0.882. The maximum atomic E-state index is 13.7. The van der Waals surface area contributed by atoms with Gasteiger partial charge in [-0.3, -0.25) is 14.2 Å². The van der Waals surface area contributed by atoms with E-state index in [1.54, 1.807) is 0 Å². The number of nitrogens with zero attached hydrogens (tertiary/aromatic N) is 1. The summed E-state index contributed by atoms with van der Waals surface area (Å²) in [5, 5.41) is 3.06. The Morgan fingerprint density at radius 2 is 0.633 bits per heavy atom. The first-order valence-corrected chi connectivity index (χ1v) is 42.0. The molecule has 3 atom stereocenters. The molecule has 90 heavy (non-hydrogen) atoms. The minimum absolute atomic E-state index is 0.0161. The number of rotatable bonds is 76. The van der Waals surface area contributed by atoms with E-state index in [0.29, 0.717) is 17.4 Å². The van der Waals surface area contributed by atoms with Crippen molar-refractivity contribution in [2.75, 3.05) is 40.9 Å². The number of esters is 1. The Hall–Kier alpha value is -1.25. The Kier molecular flexibility index (Phi) is 69.6. The summed E-state index contributed by atoms with van der Waals surface area (Å²) >= 11 is 0. The molecule has 536 valence electrons. The lowest BCUT2D eigenvalue weighted by atomic mass is 10.0. The second-order valence-electron chi connectivity index (χ2n) is 29.3. The van der Waals surface area contributed by atoms with Crippen LogP contribution in [-0.4, -0.2) is 69.4 Å². The van der Waals surface area contributed by atoms with Crippen LogP contribution in [0.25, 0.3) is 0 Å². The van der Waals surface area contributed by atoms with Gasteiger partial charge in [-0.15, -0.1) is 0 Å². The van der Waals surface area contributed by atoms with E-state index in [2.05, 4.69) is 26.1 Å². The van der Waals surface area contributed by atoms with Crippen molar-refractivity contribution < 1.29 is 37.3 Å². The smallest absolute Gasteiger partial charge is 0.306 e.